The van der Waals surface area contributed by atoms with Crippen molar-refractivity contribution in [1.29, 1.82) is 0 Å². The molecule has 156 valence electrons. The molecule has 0 aliphatic rings. The van der Waals surface area contributed by atoms with Gasteiger partial charge in [0.2, 0.25) is 5.91 Å². The molecule has 0 radical (unpaired) electrons. The second-order valence-electron chi connectivity index (χ2n) is 8.27. The number of carbonyl (C=O) groups is 3. The molecule has 0 heterocycles. The van der Waals surface area contributed by atoms with E-state index in [0.717, 1.165) is 0 Å². The summed E-state index contributed by atoms with van der Waals surface area (Å²) in [6.45, 7) is 8.42. The van der Waals surface area contributed by atoms with Crippen LogP contribution in [-0.4, -0.2) is 45.4 Å². The number of ether oxygens (including phenoxy) is 1. The maximum Gasteiger partial charge on any atom is 0.327 e. The molecule has 1 amide bonds. The molecule has 2 unspecified atom stereocenters. The quantitative estimate of drug-likeness (QED) is 0.385. The molecule has 0 saturated heterocycles. The second kappa shape index (κ2) is 9.43. The van der Waals surface area contributed by atoms with E-state index in [1.54, 1.807) is 58.9 Å². The van der Waals surface area contributed by atoms with Crippen molar-refractivity contribution in [1.82, 2.24) is 5.32 Å². The van der Waals surface area contributed by atoms with Gasteiger partial charge in [0.05, 0.1) is 12.0 Å². The molecule has 1 aromatic rings. The van der Waals surface area contributed by atoms with Crippen molar-refractivity contribution in [2.45, 2.75) is 69.4 Å². The molecule has 0 aliphatic carbocycles. The van der Waals surface area contributed by atoms with E-state index < -0.39 is 46.2 Å². The number of benzene rings is 1. The van der Waals surface area contributed by atoms with Crippen molar-refractivity contribution in [3.8, 4) is 0 Å². The van der Waals surface area contributed by atoms with E-state index in [0.29, 0.717) is 5.56 Å². The topological polar surface area (TPSA) is 119 Å². The molecule has 0 spiro atoms. The van der Waals surface area contributed by atoms with E-state index in [-0.39, 0.29) is 6.42 Å². The monoisotopic (exact) mass is 410 g/mol. The Kier molecular flexibility index (Phi) is 8.07. The van der Waals surface area contributed by atoms with E-state index in [4.69, 9.17) is 10.5 Å². The molecule has 3 atom stereocenters. The number of hydrogen-bond acceptors (Lipinski definition) is 6. The number of carbonyl (C=O) groups excluding carboxylic acids is 2. The highest BCUT2D eigenvalue weighted by Crippen LogP contribution is 2.25. The number of esters is 1. The van der Waals surface area contributed by atoms with Gasteiger partial charge in [0.25, 0.3) is 0 Å². The lowest BCUT2D eigenvalue weighted by Gasteiger charge is -2.29. The molecular formula is C20H30N2O5S. The standard InChI is InChI=1S/C20H30N2O5S/c1-19(2,3)27-18(26)13(12-9-7-6-8-10-12)11-14(21)16(23)22-15(17(24)25)20(4,5)28/h6-10,13-15,28H,11,21H2,1-5H3,(H,22,23)(H,24,25)/t13?,14?,15-/m1/s1. The van der Waals surface area contributed by atoms with Crippen LogP contribution in [0, 0.1) is 0 Å². The summed E-state index contributed by atoms with van der Waals surface area (Å²) in [5.41, 5.74) is 5.99. The SMILES string of the molecule is CC(C)(C)OC(=O)C(CC(N)C(=O)N[C@H](C(=O)O)C(C)(C)S)c1ccccc1. The van der Waals surface area contributed by atoms with Gasteiger partial charge >= 0.3 is 11.9 Å². The Hall–Kier alpha value is -2.06. The number of nitrogens with two attached hydrogens (primary N) is 1. The number of amides is 1. The highest BCUT2D eigenvalue weighted by molar-refractivity contribution is 7.81. The van der Waals surface area contributed by atoms with Crippen molar-refractivity contribution in [2.24, 2.45) is 5.73 Å². The van der Waals surface area contributed by atoms with Crippen molar-refractivity contribution >= 4 is 30.5 Å². The third kappa shape index (κ3) is 7.52. The summed E-state index contributed by atoms with van der Waals surface area (Å²) in [6, 6.07) is 6.56. The summed E-state index contributed by atoms with van der Waals surface area (Å²) in [5, 5.41) is 11.7. The first-order valence-corrected chi connectivity index (χ1v) is 9.46. The molecule has 4 N–H and O–H groups in total. The molecule has 0 fully saturated rings. The lowest BCUT2D eigenvalue weighted by Crippen LogP contribution is -2.55. The zero-order valence-corrected chi connectivity index (χ0v) is 17.8. The summed E-state index contributed by atoms with van der Waals surface area (Å²) in [7, 11) is 0. The minimum absolute atomic E-state index is 0.0237. The van der Waals surface area contributed by atoms with Gasteiger partial charge in [0, 0.05) is 4.75 Å². The zero-order valence-electron chi connectivity index (χ0n) is 16.9. The lowest BCUT2D eigenvalue weighted by molar-refractivity contribution is -0.157. The summed E-state index contributed by atoms with van der Waals surface area (Å²) in [4.78, 5) is 36.6. The largest absolute Gasteiger partial charge is 0.480 e. The minimum Gasteiger partial charge on any atom is -0.480 e. The van der Waals surface area contributed by atoms with Crippen LogP contribution in [-0.2, 0) is 19.1 Å². The van der Waals surface area contributed by atoms with Gasteiger partial charge in [0.15, 0.2) is 0 Å². The van der Waals surface area contributed by atoms with Crippen LogP contribution in [0.15, 0.2) is 30.3 Å². The number of carboxylic acid groups (broad SMARTS) is 1. The predicted octanol–water partition coefficient (Wildman–Crippen LogP) is 2.11. The Labute approximate surface area is 171 Å². The summed E-state index contributed by atoms with van der Waals surface area (Å²) in [5.74, 6) is -3.13. The highest BCUT2D eigenvalue weighted by Gasteiger charge is 2.36. The average molecular weight is 411 g/mol. The molecular weight excluding hydrogens is 380 g/mol. The Balaban J connectivity index is 3.00. The smallest absolute Gasteiger partial charge is 0.327 e. The Bertz CT molecular complexity index is 695. The number of rotatable bonds is 8. The van der Waals surface area contributed by atoms with Crippen LogP contribution in [0.4, 0.5) is 0 Å². The fourth-order valence-electron chi connectivity index (χ4n) is 2.58. The van der Waals surface area contributed by atoms with Gasteiger partial charge < -0.3 is 20.9 Å². The van der Waals surface area contributed by atoms with Crippen LogP contribution in [0.2, 0.25) is 0 Å². The van der Waals surface area contributed by atoms with E-state index >= 15 is 0 Å². The number of carboxylic acids is 1. The molecule has 7 nitrogen and oxygen atoms in total. The molecule has 0 saturated carbocycles. The van der Waals surface area contributed by atoms with E-state index in [1.807, 2.05) is 6.07 Å². The van der Waals surface area contributed by atoms with Crippen LogP contribution in [0.25, 0.3) is 0 Å². The van der Waals surface area contributed by atoms with Gasteiger partial charge in [0.1, 0.15) is 11.6 Å². The number of hydrogen-bond donors (Lipinski definition) is 4. The minimum atomic E-state index is -1.23. The summed E-state index contributed by atoms with van der Waals surface area (Å²) in [6.07, 6.45) is -0.0237. The fraction of sp³-hybridized carbons (Fsp3) is 0.550. The third-order valence-electron chi connectivity index (χ3n) is 3.96. The predicted molar refractivity (Wildman–Crippen MR) is 110 cm³/mol. The van der Waals surface area contributed by atoms with Crippen LogP contribution in [0.3, 0.4) is 0 Å². The Morgan fingerprint density at radius 2 is 1.68 bits per heavy atom. The van der Waals surface area contributed by atoms with Crippen molar-refractivity contribution in [3.63, 3.8) is 0 Å². The fourth-order valence-corrected chi connectivity index (χ4v) is 2.75. The summed E-state index contributed by atoms with van der Waals surface area (Å²) < 4.78 is 4.48. The molecule has 0 aliphatic heterocycles. The van der Waals surface area contributed by atoms with Crippen LogP contribution >= 0.6 is 12.6 Å². The lowest BCUT2D eigenvalue weighted by atomic mass is 9.91. The first kappa shape index (κ1) is 24.0. The van der Waals surface area contributed by atoms with Crippen molar-refractivity contribution < 1.29 is 24.2 Å². The van der Waals surface area contributed by atoms with Gasteiger partial charge in [-0.15, -0.1) is 0 Å². The van der Waals surface area contributed by atoms with E-state index in [1.165, 1.54) is 0 Å². The van der Waals surface area contributed by atoms with Gasteiger partial charge in [-0.05, 0) is 46.6 Å². The van der Waals surface area contributed by atoms with Crippen molar-refractivity contribution in [2.75, 3.05) is 0 Å². The molecule has 1 aromatic carbocycles. The molecule has 28 heavy (non-hydrogen) atoms. The molecule has 0 aromatic heterocycles. The van der Waals surface area contributed by atoms with E-state index in [9.17, 15) is 19.5 Å². The van der Waals surface area contributed by atoms with Crippen LogP contribution in [0.5, 0.6) is 0 Å². The molecule has 8 heteroatoms. The molecule has 1 rings (SSSR count). The number of thiol groups is 1. The first-order valence-electron chi connectivity index (χ1n) is 9.01. The number of nitrogens with one attached hydrogen (secondary N) is 1. The highest BCUT2D eigenvalue weighted by atomic mass is 32.1. The van der Waals surface area contributed by atoms with Gasteiger partial charge in [-0.3, -0.25) is 9.59 Å². The summed E-state index contributed by atoms with van der Waals surface area (Å²) >= 11 is 4.23. The number of aliphatic carboxylic acids is 1. The average Bonchev–Trinajstić information content (AvgIpc) is 2.54. The Morgan fingerprint density at radius 1 is 1.14 bits per heavy atom. The molecule has 0 bridgehead atoms. The van der Waals surface area contributed by atoms with Crippen molar-refractivity contribution in [3.05, 3.63) is 35.9 Å². The first-order chi connectivity index (χ1) is 12.7. The van der Waals surface area contributed by atoms with Crippen LogP contribution < -0.4 is 11.1 Å². The maximum absolute atomic E-state index is 12.7. The zero-order chi connectivity index (χ0) is 21.7. The Morgan fingerprint density at radius 3 is 2.11 bits per heavy atom. The van der Waals surface area contributed by atoms with Crippen LogP contribution in [0.1, 0.15) is 52.5 Å². The van der Waals surface area contributed by atoms with Gasteiger partial charge in [-0.25, -0.2) is 4.79 Å². The normalized spacial score (nSPS) is 15.2. The van der Waals surface area contributed by atoms with Gasteiger partial charge in [-0.1, -0.05) is 30.3 Å². The third-order valence-corrected chi connectivity index (χ3v) is 4.22. The second-order valence-corrected chi connectivity index (χ2v) is 9.43. The van der Waals surface area contributed by atoms with E-state index in [2.05, 4.69) is 17.9 Å². The maximum atomic E-state index is 12.7. The van der Waals surface area contributed by atoms with Gasteiger partial charge in [-0.2, -0.15) is 12.6 Å².